The molecule has 0 aromatic heterocycles. The quantitative estimate of drug-likeness (QED) is 0.531. The van der Waals surface area contributed by atoms with Crippen LogP contribution in [0.3, 0.4) is 0 Å². The van der Waals surface area contributed by atoms with Crippen LogP contribution in [-0.4, -0.2) is 18.2 Å². The van der Waals surface area contributed by atoms with E-state index in [4.69, 9.17) is 16.9 Å². The standard InChI is InChI=1S/C10H5ClN2O2/c11-7-3-1-2-6-8(7)13(5-4-12)10(15)9(6)14/h1-3H,5H2. The van der Waals surface area contributed by atoms with Crippen LogP contribution >= 0.6 is 11.6 Å². The number of nitrogens with zero attached hydrogens (tertiary/aromatic N) is 2. The summed E-state index contributed by atoms with van der Waals surface area (Å²) in [6, 6.07) is 6.53. The Balaban J connectivity index is 2.63. The lowest BCUT2D eigenvalue weighted by atomic mass is 10.1. The highest BCUT2D eigenvalue weighted by atomic mass is 35.5. The van der Waals surface area contributed by atoms with Crippen molar-refractivity contribution in [3.05, 3.63) is 28.8 Å². The molecular formula is C10H5ClN2O2. The minimum absolute atomic E-state index is 0.165. The van der Waals surface area contributed by atoms with E-state index in [1.165, 1.54) is 6.07 Å². The van der Waals surface area contributed by atoms with Gasteiger partial charge in [0.1, 0.15) is 6.54 Å². The van der Waals surface area contributed by atoms with E-state index in [0.29, 0.717) is 10.7 Å². The van der Waals surface area contributed by atoms with Crippen molar-refractivity contribution in [3.63, 3.8) is 0 Å². The molecule has 74 valence electrons. The number of anilines is 1. The zero-order valence-electron chi connectivity index (χ0n) is 7.53. The molecule has 15 heavy (non-hydrogen) atoms. The Labute approximate surface area is 90.7 Å². The summed E-state index contributed by atoms with van der Waals surface area (Å²) in [6.45, 7) is -0.165. The topological polar surface area (TPSA) is 61.2 Å². The summed E-state index contributed by atoms with van der Waals surface area (Å²) in [5, 5.41) is 8.86. The SMILES string of the molecule is N#CCN1C(=O)C(=O)c2cccc(Cl)c21. The number of rotatable bonds is 1. The maximum Gasteiger partial charge on any atom is 0.300 e. The smallest absolute Gasteiger partial charge is 0.289 e. The highest BCUT2D eigenvalue weighted by Gasteiger charge is 2.36. The molecule has 1 aromatic carbocycles. The first-order valence-corrected chi connectivity index (χ1v) is 4.56. The lowest BCUT2D eigenvalue weighted by Crippen LogP contribution is -2.30. The number of hydrogen-bond acceptors (Lipinski definition) is 3. The maximum absolute atomic E-state index is 11.5. The second-order valence-electron chi connectivity index (χ2n) is 3.01. The van der Waals surface area contributed by atoms with Crippen molar-refractivity contribution in [1.82, 2.24) is 0 Å². The summed E-state index contributed by atoms with van der Waals surface area (Å²) in [5.74, 6) is -1.30. The third-order valence-electron chi connectivity index (χ3n) is 2.17. The monoisotopic (exact) mass is 220 g/mol. The van der Waals surface area contributed by atoms with Gasteiger partial charge in [0.25, 0.3) is 11.7 Å². The summed E-state index contributed by atoms with van der Waals surface area (Å²) in [5.41, 5.74) is 0.610. The van der Waals surface area contributed by atoms with Crippen molar-refractivity contribution in [2.45, 2.75) is 0 Å². The van der Waals surface area contributed by atoms with Crippen molar-refractivity contribution >= 4 is 29.0 Å². The predicted molar refractivity (Wildman–Crippen MR) is 53.7 cm³/mol. The van der Waals surface area contributed by atoms with Gasteiger partial charge < -0.3 is 0 Å². The largest absolute Gasteiger partial charge is 0.300 e. The van der Waals surface area contributed by atoms with E-state index in [1.807, 2.05) is 6.07 Å². The van der Waals surface area contributed by atoms with E-state index >= 15 is 0 Å². The number of para-hydroxylation sites is 1. The lowest BCUT2D eigenvalue weighted by Gasteiger charge is -2.12. The summed E-state index contributed by atoms with van der Waals surface area (Å²) in [4.78, 5) is 24.0. The number of fused-ring (bicyclic) bond motifs is 1. The van der Waals surface area contributed by atoms with Crippen LogP contribution < -0.4 is 4.90 Å². The van der Waals surface area contributed by atoms with E-state index in [-0.39, 0.29) is 12.1 Å². The van der Waals surface area contributed by atoms with Crippen LogP contribution in [0.15, 0.2) is 18.2 Å². The number of carbonyl (C=O) groups excluding carboxylic acids is 2. The van der Waals surface area contributed by atoms with Crippen molar-refractivity contribution in [2.24, 2.45) is 0 Å². The van der Waals surface area contributed by atoms with Crippen molar-refractivity contribution in [3.8, 4) is 6.07 Å². The van der Waals surface area contributed by atoms with Crippen LogP contribution in [0.25, 0.3) is 0 Å². The highest BCUT2D eigenvalue weighted by molar-refractivity contribution is 6.54. The molecule has 2 rings (SSSR count). The molecule has 0 unspecified atom stereocenters. The van der Waals surface area contributed by atoms with Gasteiger partial charge in [-0.15, -0.1) is 0 Å². The highest BCUT2D eigenvalue weighted by Crippen LogP contribution is 2.35. The first-order valence-electron chi connectivity index (χ1n) is 4.18. The van der Waals surface area contributed by atoms with Gasteiger partial charge in [-0.1, -0.05) is 17.7 Å². The van der Waals surface area contributed by atoms with Gasteiger partial charge in [-0.2, -0.15) is 5.26 Å². The number of benzene rings is 1. The zero-order valence-corrected chi connectivity index (χ0v) is 8.28. The molecule has 1 aliphatic heterocycles. The van der Waals surface area contributed by atoms with Gasteiger partial charge in [-0.3, -0.25) is 14.5 Å². The van der Waals surface area contributed by atoms with E-state index in [2.05, 4.69) is 0 Å². The van der Waals surface area contributed by atoms with Crippen molar-refractivity contribution in [1.29, 1.82) is 5.26 Å². The minimum Gasteiger partial charge on any atom is -0.289 e. The van der Waals surface area contributed by atoms with Gasteiger partial charge in [-0.05, 0) is 12.1 Å². The third kappa shape index (κ3) is 1.29. The molecule has 0 aliphatic carbocycles. The minimum atomic E-state index is -0.695. The normalized spacial score (nSPS) is 14.0. The average Bonchev–Trinajstić information content (AvgIpc) is 2.46. The zero-order chi connectivity index (χ0) is 11.0. The molecule has 1 aliphatic rings. The molecule has 0 N–H and O–H groups in total. The van der Waals surface area contributed by atoms with Gasteiger partial charge in [0.05, 0.1) is 22.3 Å². The first-order chi connectivity index (χ1) is 7.16. The Morgan fingerprint density at radius 3 is 2.80 bits per heavy atom. The molecule has 5 heteroatoms. The third-order valence-corrected chi connectivity index (χ3v) is 2.47. The van der Waals surface area contributed by atoms with Gasteiger partial charge >= 0.3 is 0 Å². The molecule has 0 saturated carbocycles. The molecule has 1 heterocycles. The summed E-state index contributed by atoms with van der Waals surface area (Å²) < 4.78 is 0. The number of amides is 1. The molecule has 1 amide bonds. The Kier molecular flexibility index (Phi) is 2.18. The number of halogens is 1. The van der Waals surface area contributed by atoms with E-state index in [1.54, 1.807) is 12.1 Å². The molecule has 0 radical (unpaired) electrons. The van der Waals surface area contributed by atoms with Crippen LogP contribution in [0.1, 0.15) is 10.4 Å². The number of nitriles is 1. The second-order valence-corrected chi connectivity index (χ2v) is 3.42. The molecule has 0 spiro atoms. The predicted octanol–water partition coefficient (Wildman–Crippen LogP) is 1.39. The average molecular weight is 221 g/mol. The summed E-state index contributed by atoms with van der Waals surface area (Å²) >= 11 is 5.88. The first kappa shape index (κ1) is 9.69. The Morgan fingerprint density at radius 1 is 1.40 bits per heavy atom. The van der Waals surface area contributed by atoms with Crippen LogP contribution in [0.2, 0.25) is 5.02 Å². The number of carbonyl (C=O) groups is 2. The summed E-state index contributed by atoms with van der Waals surface area (Å²) in [7, 11) is 0. The Morgan fingerprint density at radius 2 is 2.13 bits per heavy atom. The maximum atomic E-state index is 11.5. The molecule has 0 atom stereocenters. The Hall–Kier alpha value is -1.86. The number of Topliss-reactive ketones (excluding diaryl/α,β-unsaturated/α-hetero) is 1. The molecular weight excluding hydrogens is 216 g/mol. The van der Waals surface area contributed by atoms with E-state index in [9.17, 15) is 9.59 Å². The Bertz CT molecular complexity index is 505. The van der Waals surface area contributed by atoms with Crippen molar-refractivity contribution < 1.29 is 9.59 Å². The van der Waals surface area contributed by atoms with Crippen LogP contribution in [0, 0.1) is 11.3 Å². The van der Waals surface area contributed by atoms with E-state index in [0.717, 1.165) is 4.90 Å². The summed E-state index contributed by atoms with van der Waals surface area (Å²) in [6.07, 6.45) is 0. The molecule has 1 aromatic rings. The molecule has 4 nitrogen and oxygen atoms in total. The fraction of sp³-hybridized carbons (Fsp3) is 0.100. The second kappa shape index (κ2) is 3.37. The molecule has 0 saturated heterocycles. The van der Waals surface area contributed by atoms with Gasteiger partial charge in [0, 0.05) is 0 Å². The number of hydrogen-bond donors (Lipinski definition) is 0. The van der Waals surface area contributed by atoms with Gasteiger partial charge in [0.2, 0.25) is 0 Å². The molecule has 0 bridgehead atoms. The molecule has 0 fully saturated rings. The van der Waals surface area contributed by atoms with Gasteiger partial charge in [0.15, 0.2) is 0 Å². The van der Waals surface area contributed by atoms with Crippen LogP contribution in [0.4, 0.5) is 5.69 Å². The van der Waals surface area contributed by atoms with E-state index < -0.39 is 11.7 Å². The fourth-order valence-corrected chi connectivity index (χ4v) is 1.81. The fourth-order valence-electron chi connectivity index (χ4n) is 1.53. The van der Waals surface area contributed by atoms with Crippen LogP contribution in [0.5, 0.6) is 0 Å². The van der Waals surface area contributed by atoms with Crippen LogP contribution in [-0.2, 0) is 4.79 Å². The lowest BCUT2D eigenvalue weighted by molar-refractivity contribution is -0.114. The van der Waals surface area contributed by atoms with Gasteiger partial charge in [-0.25, -0.2) is 0 Å². The van der Waals surface area contributed by atoms with Crippen molar-refractivity contribution in [2.75, 3.05) is 11.4 Å². The number of ketones is 1.